The molecule has 0 aliphatic heterocycles. The number of hydrogen-bond acceptors (Lipinski definition) is 0. The predicted octanol–water partition coefficient (Wildman–Crippen LogP) is 9.15. The first kappa shape index (κ1) is 27.2. The van der Waals surface area contributed by atoms with Crippen molar-refractivity contribution in [3.63, 3.8) is 0 Å². The van der Waals surface area contributed by atoms with Crippen molar-refractivity contribution >= 4 is 27.3 Å². The molecule has 0 nitrogen and oxygen atoms in total. The third-order valence-electron chi connectivity index (χ3n) is 5.89. The molecule has 0 aliphatic rings. The van der Waals surface area contributed by atoms with E-state index in [4.69, 9.17) is 0 Å². The lowest BCUT2D eigenvalue weighted by Crippen LogP contribution is -2.16. The van der Waals surface area contributed by atoms with Crippen molar-refractivity contribution < 1.29 is 0 Å². The van der Waals surface area contributed by atoms with Gasteiger partial charge in [-0.05, 0) is 57.7 Å². The van der Waals surface area contributed by atoms with E-state index in [1.165, 1.54) is 33.4 Å². The number of benzene rings is 4. The van der Waals surface area contributed by atoms with Gasteiger partial charge < -0.3 is 0 Å². The Balaban J connectivity index is 1.92. The molecule has 0 unspecified atom stereocenters. The maximum atomic E-state index is 3.49. The maximum absolute atomic E-state index is 3.49. The summed E-state index contributed by atoms with van der Waals surface area (Å²) in [6.07, 6.45) is 0. The van der Waals surface area contributed by atoms with Crippen LogP contribution in [0.1, 0.15) is 33.4 Å². The van der Waals surface area contributed by atoms with E-state index in [1.54, 1.807) is 0 Å². The Hall–Kier alpha value is -3.83. The van der Waals surface area contributed by atoms with Gasteiger partial charge in [-0.15, -0.1) is 11.1 Å². The van der Waals surface area contributed by atoms with Gasteiger partial charge in [0.2, 0.25) is 0 Å². The highest BCUT2D eigenvalue weighted by molar-refractivity contribution is 6.84. The first-order valence-electron chi connectivity index (χ1n) is 13.2. The zero-order valence-corrected chi connectivity index (χ0v) is 25.4. The summed E-state index contributed by atoms with van der Waals surface area (Å²) in [4.78, 5) is 0. The van der Waals surface area contributed by atoms with E-state index in [0.29, 0.717) is 0 Å². The van der Waals surface area contributed by atoms with Gasteiger partial charge in [-0.25, -0.2) is 0 Å². The van der Waals surface area contributed by atoms with Crippen LogP contribution in [-0.2, 0) is 0 Å². The summed E-state index contributed by atoms with van der Waals surface area (Å²) in [6.45, 7) is 13.7. The van der Waals surface area contributed by atoms with Gasteiger partial charge in [0.05, 0.1) is 0 Å². The van der Waals surface area contributed by atoms with Crippen molar-refractivity contribution in [2.45, 2.75) is 39.3 Å². The third kappa shape index (κ3) is 7.59. The van der Waals surface area contributed by atoms with Gasteiger partial charge in [-0.1, -0.05) is 136 Å². The van der Waals surface area contributed by atoms with E-state index in [2.05, 4.69) is 171 Å². The largest absolute Gasteiger partial charge is 0.129 e. The minimum atomic E-state index is -1.43. The monoisotopic (exact) mass is 524 g/mol. The second kappa shape index (κ2) is 11.7. The first-order chi connectivity index (χ1) is 18.1. The average Bonchev–Trinajstić information content (AvgIpc) is 2.90. The van der Waals surface area contributed by atoms with Gasteiger partial charge in [-0.3, -0.25) is 0 Å². The lowest BCUT2D eigenvalue weighted by Gasteiger charge is -2.18. The quantitative estimate of drug-likeness (QED) is 0.142. The van der Waals surface area contributed by atoms with Crippen LogP contribution in [0.3, 0.4) is 0 Å². The van der Waals surface area contributed by atoms with Gasteiger partial charge in [0, 0.05) is 11.1 Å². The number of hydrogen-bond donors (Lipinski definition) is 0. The van der Waals surface area contributed by atoms with Crippen molar-refractivity contribution in [3.8, 4) is 22.9 Å². The highest BCUT2D eigenvalue weighted by Crippen LogP contribution is 2.37. The molecule has 2 heteroatoms. The van der Waals surface area contributed by atoms with Crippen LogP contribution in [0, 0.1) is 22.9 Å². The lowest BCUT2D eigenvalue weighted by atomic mass is 9.85. The smallest absolute Gasteiger partial charge is 0.127 e. The Morgan fingerprint density at radius 3 is 0.974 bits per heavy atom. The van der Waals surface area contributed by atoms with E-state index in [9.17, 15) is 0 Å². The molecular formula is C36H36Si2. The Morgan fingerprint density at radius 2 is 0.684 bits per heavy atom. The molecule has 0 heterocycles. The topological polar surface area (TPSA) is 0 Å². The summed E-state index contributed by atoms with van der Waals surface area (Å²) >= 11 is 0. The second-order valence-electron chi connectivity index (χ2n) is 11.6. The van der Waals surface area contributed by atoms with E-state index in [1.807, 2.05) is 0 Å². The fraction of sp³-hybridized carbons (Fsp3) is 0.167. The first-order valence-corrected chi connectivity index (χ1v) is 20.2. The lowest BCUT2D eigenvalue weighted by molar-refractivity contribution is 1.49. The second-order valence-corrected chi connectivity index (χ2v) is 21.1. The SMILES string of the molecule is C[Si](C)(C)C#Cc1ccc(C(=C(c2ccccc2)c2ccc(C#C[Si](C)(C)C)cc2)c2ccccc2)cc1. The van der Waals surface area contributed by atoms with Gasteiger partial charge >= 0.3 is 0 Å². The molecule has 0 bridgehead atoms. The van der Waals surface area contributed by atoms with Crippen LogP contribution < -0.4 is 0 Å². The van der Waals surface area contributed by atoms with Crippen molar-refractivity contribution in [2.75, 3.05) is 0 Å². The molecule has 0 atom stereocenters. The van der Waals surface area contributed by atoms with Crippen molar-refractivity contribution in [1.29, 1.82) is 0 Å². The third-order valence-corrected chi connectivity index (χ3v) is 7.64. The summed E-state index contributed by atoms with van der Waals surface area (Å²) in [5.74, 6) is 6.79. The summed E-state index contributed by atoms with van der Waals surface area (Å²) in [7, 11) is -2.87. The Kier molecular flexibility index (Phi) is 8.38. The summed E-state index contributed by atoms with van der Waals surface area (Å²) < 4.78 is 0. The van der Waals surface area contributed by atoms with Crippen LogP contribution in [0.15, 0.2) is 109 Å². The Morgan fingerprint density at radius 1 is 0.395 bits per heavy atom. The molecule has 4 rings (SSSR count). The Bertz CT molecular complexity index is 1400. The molecule has 0 aliphatic carbocycles. The molecule has 0 spiro atoms. The average molecular weight is 525 g/mol. The molecule has 0 radical (unpaired) electrons. The molecule has 0 saturated carbocycles. The van der Waals surface area contributed by atoms with E-state index < -0.39 is 16.1 Å². The van der Waals surface area contributed by atoms with Crippen molar-refractivity contribution in [2.24, 2.45) is 0 Å². The van der Waals surface area contributed by atoms with Gasteiger partial charge in [0.1, 0.15) is 16.1 Å². The van der Waals surface area contributed by atoms with Crippen LogP contribution in [0.4, 0.5) is 0 Å². The normalized spacial score (nSPS) is 11.9. The van der Waals surface area contributed by atoms with Crippen LogP contribution in [0.25, 0.3) is 11.1 Å². The molecule has 4 aromatic rings. The van der Waals surface area contributed by atoms with Gasteiger partial charge in [0.25, 0.3) is 0 Å². The van der Waals surface area contributed by atoms with Crippen LogP contribution in [0.5, 0.6) is 0 Å². The number of rotatable bonds is 4. The molecule has 0 N–H and O–H groups in total. The molecule has 0 saturated heterocycles. The fourth-order valence-corrected chi connectivity index (χ4v) is 5.12. The van der Waals surface area contributed by atoms with E-state index >= 15 is 0 Å². The van der Waals surface area contributed by atoms with Crippen LogP contribution in [-0.4, -0.2) is 16.1 Å². The summed E-state index contributed by atoms with van der Waals surface area (Å²) in [5.41, 5.74) is 16.3. The maximum Gasteiger partial charge on any atom is 0.129 e. The highest BCUT2D eigenvalue weighted by Gasteiger charge is 2.16. The fourth-order valence-electron chi connectivity index (χ4n) is 4.08. The Labute approximate surface area is 231 Å². The summed E-state index contributed by atoms with van der Waals surface area (Å²) in [5, 5.41) is 0. The molecule has 38 heavy (non-hydrogen) atoms. The van der Waals surface area contributed by atoms with Gasteiger partial charge in [-0.2, -0.15) is 0 Å². The zero-order chi connectivity index (χ0) is 27.2. The van der Waals surface area contributed by atoms with Crippen molar-refractivity contribution in [3.05, 3.63) is 143 Å². The minimum absolute atomic E-state index is 1.06. The molecular weight excluding hydrogens is 489 g/mol. The zero-order valence-electron chi connectivity index (χ0n) is 23.4. The standard InChI is InChI=1S/C36H36Si2/c1-37(2,3)27-25-29-17-21-33(22-18-29)35(31-13-9-7-10-14-31)36(32-15-11-8-12-16-32)34-23-19-30(20-24-34)26-28-38(4,5)6/h7-24H,1-6H3. The molecule has 188 valence electrons. The van der Waals surface area contributed by atoms with Gasteiger partial charge in [0.15, 0.2) is 0 Å². The molecule has 0 fully saturated rings. The van der Waals surface area contributed by atoms with Crippen LogP contribution >= 0.6 is 0 Å². The molecule has 0 aromatic heterocycles. The van der Waals surface area contributed by atoms with E-state index in [0.717, 1.165) is 11.1 Å². The summed E-state index contributed by atoms with van der Waals surface area (Å²) in [6, 6.07) is 38.9. The van der Waals surface area contributed by atoms with Crippen molar-refractivity contribution in [1.82, 2.24) is 0 Å². The highest BCUT2D eigenvalue weighted by atomic mass is 28.3. The molecule has 4 aromatic carbocycles. The minimum Gasteiger partial charge on any atom is -0.127 e. The molecule has 0 amide bonds. The van der Waals surface area contributed by atoms with E-state index in [-0.39, 0.29) is 0 Å². The van der Waals surface area contributed by atoms with Crippen LogP contribution in [0.2, 0.25) is 39.3 Å². The predicted molar refractivity (Wildman–Crippen MR) is 171 cm³/mol.